The second-order valence-electron chi connectivity index (χ2n) is 14.4. The first-order valence-electron chi connectivity index (χ1n) is 19.3. The number of hydrogen-bond donors (Lipinski definition) is 0. The van der Waals surface area contributed by atoms with E-state index in [0.717, 1.165) is 60.4 Å². The SMILES string of the molecule is CCCN1CCc2c3c(n(-c4ccc(-c5cc(-c6ccc(-c7ccccc7)cc6)nc(-c6ccc(-c7ccccc7)cc6)n5)cc4)c2C1C)C=CC=CC3. The summed E-state index contributed by atoms with van der Waals surface area (Å²) < 4.78 is 2.53. The summed E-state index contributed by atoms with van der Waals surface area (Å²) in [5.74, 6) is 0.714. The predicted molar refractivity (Wildman–Crippen MR) is 224 cm³/mol. The quantitative estimate of drug-likeness (QED) is 0.158. The van der Waals surface area contributed by atoms with Gasteiger partial charge in [-0.05, 0) is 90.4 Å². The fraction of sp³-hybridized carbons (Fsp3) is 0.160. The Kier molecular flexibility index (Phi) is 9.20. The number of nitrogens with zero attached hydrogens (tertiary/aromatic N) is 4. The smallest absolute Gasteiger partial charge is 0.160 e. The molecule has 0 saturated carbocycles. The lowest BCUT2D eigenvalue weighted by Crippen LogP contribution is -2.35. The lowest BCUT2D eigenvalue weighted by Gasteiger charge is -2.35. The zero-order valence-electron chi connectivity index (χ0n) is 31.0. The first-order valence-corrected chi connectivity index (χ1v) is 19.3. The first-order chi connectivity index (χ1) is 26.6. The van der Waals surface area contributed by atoms with Crippen molar-refractivity contribution < 1.29 is 0 Å². The Morgan fingerprint density at radius 3 is 1.72 bits per heavy atom. The van der Waals surface area contributed by atoms with E-state index in [4.69, 9.17) is 9.97 Å². The maximum atomic E-state index is 5.21. The monoisotopic (exact) mass is 700 g/mol. The van der Waals surface area contributed by atoms with Crippen LogP contribution in [0.4, 0.5) is 0 Å². The minimum atomic E-state index is 0.353. The normalized spacial score (nSPS) is 15.1. The highest BCUT2D eigenvalue weighted by Crippen LogP contribution is 2.40. The molecule has 5 aromatic carbocycles. The highest BCUT2D eigenvalue weighted by molar-refractivity contribution is 5.76. The number of fused-ring (bicyclic) bond motifs is 3. The van der Waals surface area contributed by atoms with Crippen LogP contribution < -0.4 is 0 Å². The van der Waals surface area contributed by atoms with Crippen molar-refractivity contribution in [3.8, 4) is 61.8 Å². The average molecular weight is 701 g/mol. The molecule has 7 aromatic rings. The van der Waals surface area contributed by atoms with Crippen molar-refractivity contribution >= 4 is 6.08 Å². The lowest BCUT2D eigenvalue weighted by molar-refractivity contribution is 0.193. The van der Waals surface area contributed by atoms with Crippen molar-refractivity contribution in [1.82, 2.24) is 19.4 Å². The summed E-state index contributed by atoms with van der Waals surface area (Å²) in [5, 5.41) is 0. The average Bonchev–Trinajstić information content (AvgIpc) is 3.36. The van der Waals surface area contributed by atoms with Crippen molar-refractivity contribution in [2.75, 3.05) is 13.1 Å². The van der Waals surface area contributed by atoms with Crippen molar-refractivity contribution in [2.45, 2.75) is 39.2 Å². The standard InChI is InChI=1S/C50H44N4/c1-3-32-53-33-31-45-44-17-11-6-12-18-48(44)54(49(45)35(53)2)43-29-27-41(28-30-43)47-34-46(40-23-19-38(20-24-40)36-13-7-4-8-14-36)51-50(52-47)42-25-21-39(22-26-42)37-15-9-5-10-16-37/h4-16,18-30,34-35H,3,17,31-33H2,1-2H3. The zero-order chi connectivity index (χ0) is 36.4. The molecule has 0 spiro atoms. The molecule has 1 aliphatic carbocycles. The van der Waals surface area contributed by atoms with Gasteiger partial charge in [0, 0.05) is 46.4 Å². The van der Waals surface area contributed by atoms with Crippen LogP contribution in [0.15, 0.2) is 158 Å². The molecule has 3 heterocycles. The van der Waals surface area contributed by atoms with Gasteiger partial charge < -0.3 is 4.57 Å². The van der Waals surface area contributed by atoms with Crippen LogP contribution in [0.1, 0.15) is 48.8 Å². The van der Waals surface area contributed by atoms with Crippen LogP contribution in [-0.2, 0) is 12.8 Å². The number of aromatic nitrogens is 3. The van der Waals surface area contributed by atoms with Crippen LogP contribution >= 0.6 is 0 Å². The van der Waals surface area contributed by atoms with Crippen LogP contribution in [0, 0.1) is 0 Å². The van der Waals surface area contributed by atoms with Gasteiger partial charge in [-0.2, -0.15) is 0 Å². The second kappa shape index (κ2) is 14.7. The van der Waals surface area contributed by atoms with E-state index in [2.05, 4.69) is 187 Å². The van der Waals surface area contributed by atoms with Crippen molar-refractivity contribution in [1.29, 1.82) is 0 Å². The van der Waals surface area contributed by atoms with E-state index in [1.165, 1.54) is 50.5 Å². The molecule has 1 aliphatic heterocycles. The summed E-state index contributed by atoms with van der Waals surface area (Å²) in [7, 11) is 0. The summed E-state index contributed by atoms with van der Waals surface area (Å²) in [6, 6.07) is 49.8. The number of rotatable bonds is 8. The van der Waals surface area contributed by atoms with Gasteiger partial charge in [-0.3, -0.25) is 4.90 Å². The molecule has 264 valence electrons. The van der Waals surface area contributed by atoms with Gasteiger partial charge in [-0.25, -0.2) is 9.97 Å². The third-order valence-electron chi connectivity index (χ3n) is 11.1. The molecule has 0 radical (unpaired) electrons. The Hall–Kier alpha value is -6.10. The van der Waals surface area contributed by atoms with Crippen molar-refractivity contribution in [2.24, 2.45) is 0 Å². The van der Waals surface area contributed by atoms with Crippen LogP contribution in [-0.4, -0.2) is 32.5 Å². The van der Waals surface area contributed by atoms with E-state index in [-0.39, 0.29) is 0 Å². The molecule has 1 atom stereocenters. The molecule has 2 aromatic heterocycles. The molecule has 0 N–H and O–H groups in total. The molecule has 0 saturated heterocycles. The second-order valence-corrected chi connectivity index (χ2v) is 14.4. The third-order valence-corrected chi connectivity index (χ3v) is 11.1. The number of benzene rings is 5. The fourth-order valence-electron chi connectivity index (χ4n) is 8.29. The van der Waals surface area contributed by atoms with Crippen molar-refractivity contribution in [3.05, 3.63) is 180 Å². The Bertz CT molecular complexity index is 2350. The number of hydrogen-bond acceptors (Lipinski definition) is 3. The summed E-state index contributed by atoms with van der Waals surface area (Å²) in [6.45, 7) is 6.91. The molecule has 9 rings (SSSR count). The highest BCUT2D eigenvalue weighted by Gasteiger charge is 2.32. The first kappa shape index (κ1) is 33.7. The van der Waals surface area contributed by atoms with Gasteiger partial charge in [0.2, 0.25) is 0 Å². The summed E-state index contributed by atoms with van der Waals surface area (Å²) in [5.41, 5.74) is 16.6. The van der Waals surface area contributed by atoms with Gasteiger partial charge >= 0.3 is 0 Å². The van der Waals surface area contributed by atoms with Crippen LogP contribution in [0.2, 0.25) is 0 Å². The maximum Gasteiger partial charge on any atom is 0.160 e. The third kappa shape index (κ3) is 6.44. The molecule has 4 heteroatoms. The fourth-order valence-corrected chi connectivity index (χ4v) is 8.29. The summed E-state index contributed by atoms with van der Waals surface area (Å²) in [4.78, 5) is 13.0. The van der Waals surface area contributed by atoms with E-state index in [1.54, 1.807) is 0 Å². The predicted octanol–water partition coefficient (Wildman–Crippen LogP) is 12.1. The Morgan fingerprint density at radius 1 is 0.593 bits per heavy atom. The largest absolute Gasteiger partial charge is 0.312 e. The van der Waals surface area contributed by atoms with Crippen LogP contribution in [0.3, 0.4) is 0 Å². The zero-order valence-corrected chi connectivity index (χ0v) is 31.0. The minimum Gasteiger partial charge on any atom is -0.312 e. The lowest BCUT2D eigenvalue weighted by atomic mass is 9.95. The van der Waals surface area contributed by atoms with E-state index in [9.17, 15) is 0 Å². The molecular weight excluding hydrogens is 657 g/mol. The topological polar surface area (TPSA) is 34.0 Å². The highest BCUT2D eigenvalue weighted by atomic mass is 15.2. The van der Waals surface area contributed by atoms with Gasteiger partial charge in [-0.1, -0.05) is 146 Å². The van der Waals surface area contributed by atoms with E-state index < -0.39 is 0 Å². The van der Waals surface area contributed by atoms with Gasteiger partial charge in [0.15, 0.2) is 5.82 Å². The van der Waals surface area contributed by atoms with Gasteiger partial charge in [0.05, 0.1) is 11.4 Å². The number of allylic oxidation sites excluding steroid dienone is 3. The summed E-state index contributed by atoms with van der Waals surface area (Å²) >= 11 is 0. The van der Waals surface area contributed by atoms with Gasteiger partial charge in [0.25, 0.3) is 0 Å². The van der Waals surface area contributed by atoms with Gasteiger partial charge in [-0.15, -0.1) is 0 Å². The maximum absolute atomic E-state index is 5.21. The Labute approximate surface area is 318 Å². The molecular formula is C50H44N4. The molecule has 1 unspecified atom stereocenters. The molecule has 0 fully saturated rings. The molecule has 4 nitrogen and oxygen atoms in total. The van der Waals surface area contributed by atoms with Crippen LogP contribution in [0.25, 0.3) is 67.9 Å². The molecule has 2 aliphatic rings. The van der Waals surface area contributed by atoms with E-state index in [1.807, 2.05) is 0 Å². The molecule has 0 amide bonds. The van der Waals surface area contributed by atoms with Gasteiger partial charge in [0.1, 0.15) is 0 Å². The molecule has 54 heavy (non-hydrogen) atoms. The van der Waals surface area contributed by atoms with E-state index >= 15 is 0 Å². The summed E-state index contributed by atoms with van der Waals surface area (Å²) in [6.07, 6.45) is 12.2. The van der Waals surface area contributed by atoms with Crippen molar-refractivity contribution in [3.63, 3.8) is 0 Å². The Balaban J connectivity index is 1.12. The molecule has 0 bridgehead atoms. The Morgan fingerprint density at radius 2 is 1.13 bits per heavy atom. The van der Waals surface area contributed by atoms with Crippen LogP contribution in [0.5, 0.6) is 0 Å². The van der Waals surface area contributed by atoms with E-state index in [0.29, 0.717) is 11.9 Å². The minimum absolute atomic E-state index is 0.353.